The number of esters is 1. The fourth-order valence-corrected chi connectivity index (χ4v) is 2.20. The smallest absolute Gasteiger partial charge is 0.313 e. The van der Waals surface area contributed by atoms with Crippen LogP contribution in [0.5, 0.6) is 0 Å². The maximum Gasteiger partial charge on any atom is 0.313 e. The average Bonchev–Trinajstić information content (AvgIpc) is 2.65. The summed E-state index contributed by atoms with van der Waals surface area (Å²) in [5.41, 5.74) is 6.36. The first-order valence-electron chi connectivity index (χ1n) is 7.78. The molecular formula is C19H19F2NO3. The van der Waals surface area contributed by atoms with E-state index in [1.807, 2.05) is 6.07 Å². The summed E-state index contributed by atoms with van der Waals surface area (Å²) < 4.78 is 30.8. The zero-order valence-electron chi connectivity index (χ0n) is 13.7. The molecule has 0 bridgehead atoms. The van der Waals surface area contributed by atoms with E-state index in [1.54, 1.807) is 48.5 Å². The standard InChI is InChI=1S/C19H19F2NO3/c1-13(18(24)25-12-19(20,21)11-22)15-8-5-9-16(10-15)17(23)14-6-3-2-4-7-14/h2-10,13H,11-12,22H2,1H3. The number of halogens is 2. The molecule has 0 saturated carbocycles. The third kappa shape index (κ3) is 4.93. The van der Waals surface area contributed by atoms with Gasteiger partial charge in [-0.2, -0.15) is 0 Å². The first-order valence-corrected chi connectivity index (χ1v) is 7.78. The summed E-state index contributed by atoms with van der Waals surface area (Å²) in [6, 6.07) is 15.2. The Bertz CT molecular complexity index is 747. The number of hydrogen-bond acceptors (Lipinski definition) is 4. The Balaban J connectivity index is 2.12. The van der Waals surface area contributed by atoms with E-state index in [1.165, 1.54) is 6.92 Å². The normalized spacial score (nSPS) is 12.5. The third-order valence-electron chi connectivity index (χ3n) is 3.76. The van der Waals surface area contributed by atoms with Gasteiger partial charge in [-0.15, -0.1) is 0 Å². The van der Waals surface area contributed by atoms with Crippen molar-refractivity contribution in [1.82, 2.24) is 0 Å². The predicted octanol–water partition coefficient (Wildman–Crippen LogP) is 3.16. The fraction of sp³-hybridized carbons (Fsp3) is 0.263. The first kappa shape index (κ1) is 18.7. The largest absolute Gasteiger partial charge is 0.459 e. The molecule has 1 atom stereocenters. The van der Waals surface area contributed by atoms with Crippen LogP contribution in [0.2, 0.25) is 0 Å². The molecule has 2 N–H and O–H groups in total. The lowest BCUT2D eigenvalue weighted by molar-refractivity contribution is -0.155. The second kappa shape index (κ2) is 7.98. The van der Waals surface area contributed by atoms with Gasteiger partial charge in [0.2, 0.25) is 0 Å². The van der Waals surface area contributed by atoms with Gasteiger partial charge in [0.05, 0.1) is 12.5 Å². The van der Waals surface area contributed by atoms with E-state index in [9.17, 15) is 18.4 Å². The number of carbonyl (C=O) groups excluding carboxylic acids is 2. The molecule has 0 saturated heterocycles. The van der Waals surface area contributed by atoms with E-state index in [4.69, 9.17) is 5.73 Å². The van der Waals surface area contributed by atoms with Crippen LogP contribution < -0.4 is 5.73 Å². The van der Waals surface area contributed by atoms with Crippen molar-refractivity contribution < 1.29 is 23.1 Å². The highest BCUT2D eigenvalue weighted by Gasteiger charge is 2.30. The molecule has 0 fully saturated rings. The maximum absolute atomic E-state index is 13.1. The topological polar surface area (TPSA) is 69.4 Å². The van der Waals surface area contributed by atoms with E-state index < -0.39 is 31.0 Å². The minimum absolute atomic E-state index is 0.183. The number of alkyl halides is 2. The molecule has 0 heterocycles. The molecule has 0 amide bonds. The quantitative estimate of drug-likeness (QED) is 0.617. The summed E-state index contributed by atoms with van der Waals surface area (Å²) in [6.45, 7) is -0.417. The van der Waals surface area contributed by atoms with Crippen LogP contribution in [0.25, 0.3) is 0 Å². The van der Waals surface area contributed by atoms with Crippen molar-refractivity contribution in [2.75, 3.05) is 13.2 Å². The van der Waals surface area contributed by atoms with Crippen molar-refractivity contribution >= 4 is 11.8 Å². The Labute approximate surface area is 144 Å². The Hall–Kier alpha value is -2.60. The molecule has 0 aromatic heterocycles. The van der Waals surface area contributed by atoms with Crippen molar-refractivity contribution in [2.45, 2.75) is 18.8 Å². The van der Waals surface area contributed by atoms with Crippen molar-refractivity contribution in [3.8, 4) is 0 Å². The zero-order chi connectivity index (χ0) is 18.4. The molecule has 2 aromatic rings. The summed E-state index contributed by atoms with van der Waals surface area (Å²) in [5.74, 6) is -5.01. The zero-order valence-corrected chi connectivity index (χ0v) is 13.7. The van der Waals surface area contributed by atoms with E-state index in [0.29, 0.717) is 16.7 Å². The lowest BCUT2D eigenvalue weighted by atomic mass is 9.96. The molecule has 25 heavy (non-hydrogen) atoms. The van der Waals surface area contributed by atoms with Gasteiger partial charge in [-0.3, -0.25) is 9.59 Å². The molecule has 1 unspecified atom stereocenters. The van der Waals surface area contributed by atoms with Crippen LogP contribution in [0.3, 0.4) is 0 Å². The number of hydrogen-bond donors (Lipinski definition) is 1. The number of ether oxygens (including phenoxy) is 1. The molecule has 0 radical (unpaired) electrons. The maximum atomic E-state index is 13.1. The number of rotatable bonds is 7. The van der Waals surface area contributed by atoms with E-state index in [2.05, 4.69) is 4.74 Å². The van der Waals surface area contributed by atoms with E-state index in [0.717, 1.165) is 0 Å². The Kier molecular flexibility index (Phi) is 5.98. The van der Waals surface area contributed by atoms with Crippen molar-refractivity contribution in [1.29, 1.82) is 0 Å². The molecule has 2 rings (SSSR count). The summed E-state index contributed by atoms with van der Waals surface area (Å²) in [7, 11) is 0. The number of nitrogens with two attached hydrogens (primary N) is 1. The van der Waals surface area contributed by atoms with Gasteiger partial charge in [-0.05, 0) is 18.6 Å². The highest BCUT2D eigenvalue weighted by molar-refractivity contribution is 6.09. The van der Waals surface area contributed by atoms with Gasteiger partial charge in [0, 0.05) is 11.1 Å². The summed E-state index contributed by atoms with van der Waals surface area (Å²) >= 11 is 0. The third-order valence-corrected chi connectivity index (χ3v) is 3.76. The van der Waals surface area contributed by atoms with Crippen molar-refractivity contribution in [3.05, 3.63) is 71.3 Å². The number of benzene rings is 2. The molecular weight excluding hydrogens is 328 g/mol. The van der Waals surface area contributed by atoms with Gasteiger partial charge in [0.25, 0.3) is 5.92 Å². The van der Waals surface area contributed by atoms with E-state index in [-0.39, 0.29) is 5.78 Å². The van der Waals surface area contributed by atoms with Crippen molar-refractivity contribution in [2.24, 2.45) is 5.73 Å². The molecule has 6 heteroatoms. The highest BCUT2D eigenvalue weighted by atomic mass is 19.3. The van der Waals surface area contributed by atoms with E-state index >= 15 is 0 Å². The number of carbonyl (C=O) groups is 2. The average molecular weight is 347 g/mol. The summed E-state index contributed by atoms with van der Waals surface area (Å²) in [4.78, 5) is 24.4. The van der Waals surface area contributed by atoms with Crippen LogP contribution in [0.4, 0.5) is 8.78 Å². The lowest BCUT2D eigenvalue weighted by Gasteiger charge is -2.17. The monoisotopic (exact) mass is 347 g/mol. The highest BCUT2D eigenvalue weighted by Crippen LogP contribution is 2.21. The summed E-state index contributed by atoms with van der Waals surface area (Å²) in [6.07, 6.45) is 0. The van der Waals surface area contributed by atoms with Crippen LogP contribution in [-0.4, -0.2) is 30.8 Å². The van der Waals surface area contributed by atoms with Gasteiger partial charge in [0.15, 0.2) is 12.4 Å². The van der Waals surface area contributed by atoms with Crippen LogP contribution >= 0.6 is 0 Å². The Morgan fingerprint density at radius 1 is 1.08 bits per heavy atom. The second-order valence-electron chi connectivity index (χ2n) is 5.71. The van der Waals surface area contributed by atoms with Gasteiger partial charge in [0.1, 0.15) is 0 Å². The molecule has 0 aliphatic carbocycles. The second-order valence-corrected chi connectivity index (χ2v) is 5.71. The van der Waals surface area contributed by atoms with Gasteiger partial charge in [-0.25, -0.2) is 8.78 Å². The van der Waals surface area contributed by atoms with Crippen molar-refractivity contribution in [3.63, 3.8) is 0 Å². The van der Waals surface area contributed by atoms with Crippen LogP contribution in [0.15, 0.2) is 54.6 Å². The van der Waals surface area contributed by atoms with Gasteiger partial charge >= 0.3 is 5.97 Å². The predicted molar refractivity (Wildman–Crippen MR) is 89.7 cm³/mol. The molecule has 0 spiro atoms. The SMILES string of the molecule is CC(C(=O)OCC(F)(F)CN)c1cccc(C(=O)c2ccccc2)c1. The summed E-state index contributed by atoms with van der Waals surface area (Å²) in [5, 5.41) is 0. The number of ketones is 1. The van der Waals surface area contributed by atoms with Gasteiger partial charge in [-0.1, -0.05) is 48.5 Å². The fourth-order valence-electron chi connectivity index (χ4n) is 2.20. The Morgan fingerprint density at radius 3 is 2.36 bits per heavy atom. The van der Waals surface area contributed by atoms with Crippen LogP contribution in [0, 0.1) is 0 Å². The first-order chi connectivity index (χ1) is 11.8. The van der Waals surface area contributed by atoms with Crippen LogP contribution in [0.1, 0.15) is 34.3 Å². The molecule has 132 valence electrons. The Morgan fingerprint density at radius 2 is 1.72 bits per heavy atom. The molecule has 2 aromatic carbocycles. The minimum Gasteiger partial charge on any atom is -0.459 e. The molecule has 4 nitrogen and oxygen atoms in total. The van der Waals surface area contributed by atoms with Gasteiger partial charge < -0.3 is 10.5 Å². The van der Waals surface area contributed by atoms with Crippen LogP contribution in [-0.2, 0) is 9.53 Å². The molecule has 0 aliphatic heterocycles. The molecule has 0 aliphatic rings. The minimum atomic E-state index is -3.25. The lowest BCUT2D eigenvalue weighted by Crippen LogP contribution is -2.34.